The first-order valence-electron chi connectivity index (χ1n) is 11.3. The smallest absolute Gasteiger partial charge is 0.261 e. The molecule has 7 heteroatoms. The lowest BCUT2D eigenvalue weighted by Gasteiger charge is -2.38. The van der Waals surface area contributed by atoms with Crippen molar-refractivity contribution in [1.29, 1.82) is 0 Å². The topological polar surface area (TPSA) is 114 Å². The van der Waals surface area contributed by atoms with Crippen molar-refractivity contribution in [2.45, 2.75) is 44.3 Å². The first-order chi connectivity index (χ1) is 15.1. The second-order valence-electron chi connectivity index (χ2n) is 8.63. The fourth-order valence-corrected chi connectivity index (χ4v) is 4.74. The van der Waals surface area contributed by atoms with E-state index in [-0.39, 0.29) is 24.0 Å². The summed E-state index contributed by atoms with van der Waals surface area (Å²) in [6.07, 6.45) is 3.10. The number of amides is 2. The number of likely N-dealkylation sites (tertiary alicyclic amines) is 1. The molecule has 0 bridgehead atoms. The molecule has 2 aliphatic rings. The summed E-state index contributed by atoms with van der Waals surface area (Å²) in [6.45, 7) is 5.37. The van der Waals surface area contributed by atoms with Crippen LogP contribution in [0, 0.1) is 0 Å². The van der Waals surface area contributed by atoms with Crippen LogP contribution in [0.4, 0.5) is 0 Å². The van der Waals surface area contributed by atoms with Crippen LogP contribution in [0.5, 0.6) is 0 Å². The summed E-state index contributed by atoms with van der Waals surface area (Å²) in [7, 11) is 0. The Morgan fingerprint density at radius 3 is 2.09 bits per heavy atom. The van der Waals surface area contributed by atoms with E-state index >= 15 is 0 Å². The first-order valence-corrected chi connectivity index (χ1v) is 11.3. The molecule has 172 valence electrons. The fourth-order valence-electron chi connectivity index (χ4n) is 4.74. The van der Waals surface area contributed by atoms with E-state index in [9.17, 15) is 9.59 Å². The summed E-state index contributed by atoms with van der Waals surface area (Å²) in [5, 5.41) is 3.76. The Balaban J connectivity index is 0.00000289. The van der Waals surface area contributed by atoms with Gasteiger partial charge in [0, 0.05) is 18.6 Å². The molecule has 0 saturated carbocycles. The van der Waals surface area contributed by atoms with Crippen LogP contribution < -0.4 is 17.2 Å². The zero-order chi connectivity index (χ0) is 21.8. The lowest BCUT2D eigenvalue weighted by atomic mass is 9.99. The van der Waals surface area contributed by atoms with E-state index in [0.717, 1.165) is 44.5 Å². The van der Waals surface area contributed by atoms with Crippen LogP contribution in [0.25, 0.3) is 0 Å². The van der Waals surface area contributed by atoms with Gasteiger partial charge in [-0.15, -0.1) is 0 Å². The molecule has 2 aromatic carbocycles. The first kappa shape index (κ1) is 24.1. The molecular weight excluding hydrogens is 402 g/mol. The zero-order valence-corrected chi connectivity index (χ0v) is 18.9. The number of carbonyl (C=O) groups is 2. The molecule has 2 atom stereocenters. The molecule has 32 heavy (non-hydrogen) atoms. The van der Waals surface area contributed by atoms with Crippen molar-refractivity contribution >= 4 is 11.8 Å². The Morgan fingerprint density at radius 2 is 1.53 bits per heavy atom. The fraction of sp³-hybridized carbons (Fsp3) is 0.440. The predicted octanol–water partition coefficient (Wildman–Crippen LogP) is 2.98. The van der Waals surface area contributed by atoms with Crippen molar-refractivity contribution in [1.82, 2.24) is 21.3 Å². The Labute approximate surface area is 190 Å². The molecule has 0 radical (unpaired) electrons. The summed E-state index contributed by atoms with van der Waals surface area (Å²) in [6, 6.07) is 18.0. The molecule has 1 fully saturated rings. The van der Waals surface area contributed by atoms with Gasteiger partial charge in [0.05, 0.1) is 17.2 Å². The van der Waals surface area contributed by atoms with Gasteiger partial charge in [-0.25, -0.2) is 0 Å². The van der Waals surface area contributed by atoms with E-state index in [2.05, 4.69) is 29.3 Å². The zero-order valence-electron chi connectivity index (χ0n) is 18.9. The van der Waals surface area contributed by atoms with E-state index in [1.54, 1.807) is 24.3 Å². The van der Waals surface area contributed by atoms with E-state index in [1.165, 1.54) is 4.90 Å². The third kappa shape index (κ3) is 5.07. The molecule has 7 nitrogen and oxygen atoms in total. The SMILES string of the molecule is CC(CCN)N1CCC(NC(CN2C(=O)c3ccccc3C2=O)c2ccccc2)CC1.N. The number of benzene rings is 2. The minimum atomic E-state index is -0.200. The van der Waals surface area contributed by atoms with Gasteiger partial charge >= 0.3 is 0 Å². The monoisotopic (exact) mass is 437 g/mol. The minimum Gasteiger partial charge on any atom is -0.344 e. The van der Waals surface area contributed by atoms with Crippen molar-refractivity contribution in [3.05, 3.63) is 71.3 Å². The van der Waals surface area contributed by atoms with Crippen molar-refractivity contribution < 1.29 is 9.59 Å². The predicted molar refractivity (Wildman–Crippen MR) is 127 cm³/mol. The number of hydrogen-bond acceptors (Lipinski definition) is 6. The molecule has 4 rings (SSSR count). The summed E-state index contributed by atoms with van der Waals surface area (Å²) in [5.41, 5.74) is 7.83. The number of nitrogens with zero attached hydrogens (tertiary/aromatic N) is 2. The summed E-state index contributed by atoms with van der Waals surface area (Å²) in [4.78, 5) is 29.7. The number of carbonyl (C=O) groups excluding carboxylic acids is 2. The highest BCUT2D eigenvalue weighted by molar-refractivity contribution is 6.21. The van der Waals surface area contributed by atoms with E-state index in [0.29, 0.717) is 29.8 Å². The van der Waals surface area contributed by atoms with Crippen LogP contribution in [0.3, 0.4) is 0 Å². The number of hydrogen-bond donors (Lipinski definition) is 3. The summed E-state index contributed by atoms with van der Waals surface area (Å²) < 4.78 is 0. The molecule has 2 aliphatic heterocycles. The van der Waals surface area contributed by atoms with Gasteiger partial charge < -0.3 is 22.1 Å². The van der Waals surface area contributed by atoms with Gasteiger partial charge in [-0.2, -0.15) is 0 Å². The standard InChI is InChI=1S/C25H32N4O2.H3N/c1-18(11-14-26)28-15-12-20(13-16-28)27-23(19-7-3-2-4-8-19)17-29-24(30)21-9-5-6-10-22(21)25(29)31;/h2-10,18,20,23,27H,11-17,26H2,1H3;1H3. The van der Waals surface area contributed by atoms with Gasteiger partial charge in [0.15, 0.2) is 0 Å². The number of rotatable bonds is 8. The summed E-state index contributed by atoms with van der Waals surface area (Å²) >= 11 is 0. The largest absolute Gasteiger partial charge is 0.344 e. The maximum Gasteiger partial charge on any atom is 0.261 e. The van der Waals surface area contributed by atoms with Gasteiger partial charge in [-0.1, -0.05) is 42.5 Å². The normalized spacial score (nSPS) is 18.9. The Hall–Kier alpha value is -2.58. The second kappa shape index (κ2) is 10.8. The molecule has 1 saturated heterocycles. The third-order valence-corrected chi connectivity index (χ3v) is 6.62. The number of nitrogens with one attached hydrogen (secondary N) is 1. The number of fused-ring (bicyclic) bond motifs is 1. The number of piperidine rings is 1. The van der Waals surface area contributed by atoms with Gasteiger partial charge in [0.1, 0.15) is 0 Å². The maximum absolute atomic E-state index is 12.9. The van der Waals surface area contributed by atoms with Crippen LogP contribution in [0.15, 0.2) is 54.6 Å². The molecule has 0 aliphatic carbocycles. The van der Waals surface area contributed by atoms with Crippen LogP contribution in [0.1, 0.15) is 58.5 Å². The maximum atomic E-state index is 12.9. The number of nitrogens with two attached hydrogens (primary N) is 1. The van der Waals surface area contributed by atoms with E-state index in [1.807, 2.05) is 18.2 Å². The van der Waals surface area contributed by atoms with Gasteiger partial charge in [0.2, 0.25) is 0 Å². The van der Waals surface area contributed by atoms with E-state index in [4.69, 9.17) is 5.73 Å². The molecule has 2 aromatic rings. The molecule has 2 heterocycles. The molecular formula is C25H35N5O2. The van der Waals surface area contributed by atoms with Crippen molar-refractivity contribution in [2.75, 3.05) is 26.2 Å². The van der Waals surface area contributed by atoms with Crippen molar-refractivity contribution in [3.63, 3.8) is 0 Å². The molecule has 0 spiro atoms. The lowest BCUT2D eigenvalue weighted by Crippen LogP contribution is -2.49. The number of imide groups is 1. The highest BCUT2D eigenvalue weighted by atomic mass is 16.2. The van der Waals surface area contributed by atoms with E-state index < -0.39 is 0 Å². The summed E-state index contributed by atoms with van der Waals surface area (Å²) in [5.74, 6) is -0.400. The lowest BCUT2D eigenvalue weighted by molar-refractivity contribution is 0.0630. The molecule has 0 aromatic heterocycles. The van der Waals surface area contributed by atoms with Crippen LogP contribution in [-0.2, 0) is 0 Å². The average Bonchev–Trinajstić information content (AvgIpc) is 3.05. The Kier molecular flexibility index (Phi) is 8.15. The highest BCUT2D eigenvalue weighted by Crippen LogP contribution is 2.26. The van der Waals surface area contributed by atoms with Crippen LogP contribution >= 0.6 is 0 Å². The molecule has 6 N–H and O–H groups in total. The second-order valence-corrected chi connectivity index (χ2v) is 8.63. The van der Waals surface area contributed by atoms with Crippen molar-refractivity contribution in [2.24, 2.45) is 5.73 Å². The van der Waals surface area contributed by atoms with Gasteiger partial charge in [-0.3, -0.25) is 14.5 Å². The molecule has 2 amide bonds. The quantitative estimate of drug-likeness (QED) is 0.547. The van der Waals surface area contributed by atoms with Crippen molar-refractivity contribution in [3.8, 4) is 0 Å². The van der Waals surface area contributed by atoms with Crippen LogP contribution in [0.2, 0.25) is 0 Å². The third-order valence-electron chi connectivity index (χ3n) is 6.62. The minimum absolute atomic E-state index is 0. The molecule has 2 unspecified atom stereocenters. The Bertz CT molecular complexity index is 877. The van der Waals surface area contributed by atoms with Crippen LogP contribution in [-0.4, -0.2) is 59.9 Å². The van der Waals surface area contributed by atoms with Gasteiger partial charge in [-0.05, 0) is 63.5 Å². The average molecular weight is 438 g/mol. The highest BCUT2D eigenvalue weighted by Gasteiger charge is 2.37. The Morgan fingerprint density at radius 1 is 0.969 bits per heavy atom. The van der Waals surface area contributed by atoms with Gasteiger partial charge in [0.25, 0.3) is 11.8 Å².